The molecule has 0 bridgehead atoms. The normalized spacial score (nSPS) is 18.7. The first-order valence-electron chi connectivity index (χ1n) is 13.4. The van der Waals surface area contributed by atoms with E-state index in [4.69, 9.17) is 0 Å². The van der Waals surface area contributed by atoms with Gasteiger partial charge in [0.05, 0.1) is 0 Å². The number of fused-ring (bicyclic) bond motifs is 1. The molecule has 3 aromatic rings. The topological polar surface area (TPSA) is 76.6 Å². The van der Waals surface area contributed by atoms with Gasteiger partial charge in [-0.2, -0.15) is 0 Å². The molecule has 5 rings (SSSR count). The summed E-state index contributed by atoms with van der Waals surface area (Å²) in [6, 6.07) is 9.55. The van der Waals surface area contributed by atoms with Crippen LogP contribution in [0.2, 0.25) is 0 Å². The maximum atomic E-state index is 13.9. The monoisotopic (exact) mass is 539 g/mol. The number of likely N-dealkylation sites (tertiary alicyclic amines) is 2. The molecule has 6 nitrogen and oxygen atoms in total. The Labute approximate surface area is 225 Å². The summed E-state index contributed by atoms with van der Waals surface area (Å²) in [5.74, 6) is -5.14. The molecule has 206 valence electrons. The molecule has 1 amide bonds. The SMILES string of the molecule is Cc1[nH]c2ccccc2c1C1CCN(C(C(=O)O)C2CCN(C(=O)C=Cc3ccc(F)c(F)c3F)CC2)CC1. The highest BCUT2D eigenvalue weighted by atomic mass is 19.2. The summed E-state index contributed by atoms with van der Waals surface area (Å²) in [6.07, 6.45) is 5.12. The molecule has 39 heavy (non-hydrogen) atoms. The predicted octanol–water partition coefficient (Wildman–Crippen LogP) is 5.48. The van der Waals surface area contributed by atoms with Crippen LogP contribution in [0.15, 0.2) is 42.5 Å². The number of H-pyrrole nitrogens is 1. The number of carboxylic acids is 1. The van der Waals surface area contributed by atoms with E-state index in [0.717, 1.165) is 42.6 Å². The van der Waals surface area contributed by atoms with Crippen LogP contribution in [0.1, 0.15) is 48.4 Å². The second-order valence-corrected chi connectivity index (χ2v) is 10.6. The van der Waals surface area contributed by atoms with Gasteiger partial charge in [-0.3, -0.25) is 14.5 Å². The van der Waals surface area contributed by atoms with E-state index in [1.54, 1.807) is 4.90 Å². The summed E-state index contributed by atoms with van der Waals surface area (Å²) >= 11 is 0. The Bertz CT molecular complexity index is 1400. The van der Waals surface area contributed by atoms with Gasteiger partial charge in [0.1, 0.15) is 6.04 Å². The zero-order valence-corrected chi connectivity index (χ0v) is 21.8. The summed E-state index contributed by atoms with van der Waals surface area (Å²) in [7, 11) is 0. The first-order valence-corrected chi connectivity index (χ1v) is 13.4. The van der Waals surface area contributed by atoms with Crippen molar-refractivity contribution in [3.63, 3.8) is 0 Å². The molecule has 2 N–H and O–H groups in total. The third-order valence-corrected chi connectivity index (χ3v) is 8.30. The molecule has 3 heterocycles. The van der Waals surface area contributed by atoms with Crippen LogP contribution in [0.25, 0.3) is 17.0 Å². The second-order valence-electron chi connectivity index (χ2n) is 10.6. The molecule has 2 saturated heterocycles. The molecular weight excluding hydrogens is 507 g/mol. The van der Waals surface area contributed by atoms with Crippen LogP contribution in [-0.4, -0.2) is 64.0 Å². The minimum absolute atomic E-state index is 0.0921. The first-order chi connectivity index (χ1) is 18.7. The summed E-state index contributed by atoms with van der Waals surface area (Å²) < 4.78 is 40.5. The van der Waals surface area contributed by atoms with Gasteiger partial charge in [0.2, 0.25) is 5.91 Å². The lowest BCUT2D eigenvalue weighted by Crippen LogP contribution is -2.52. The number of aromatic nitrogens is 1. The number of para-hydroxylation sites is 1. The van der Waals surface area contributed by atoms with Crippen molar-refractivity contribution in [3.8, 4) is 0 Å². The number of nitrogens with zero attached hydrogens (tertiary/aromatic N) is 2. The van der Waals surface area contributed by atoms with E-state index in [2.05, 4.69) is 28.9 Å². The van der Waals surface area contributed by atoms with Gasteiger partial charge in [-0.25, -0.2) is 13.2 Å². The van der Waals surface area contributed by atoms with Gasteiger partial charge >= 0.3 is 5.97 Å². The quantitative estimate of drug-likeness (QED) is 0.321. The molecule has 0 aliphatic carbocycles. The maximum absolute atomic E-state index is 13.9. The van der Waals surface area contributed by atoms with Crippen molar-refractivity contribution in [1.29, 1.82) is 0 Å². The fraction of sp³-hybridized carbons (Fsp3) is 0.400. The number of amides is 1. The van der Waals surface area contributed by atoms with Crippen molar-refractivity contribution < 1.29 is 27.9 Å². The van der Waals surface area contributed by atoms with Crippen molar-refractivity contribution in [3.05, 3.63) is 76.7 Å². The highest BCUT2D eigenvalue weighted by molar-refractivity contribution is 5.92. The average molecular weight is 540 g/mol. The number of halogens is 3. The minimum Gasteiger partial charge on any atom is -0.480 e. The maximum Gasteiger partial charge on any atom is 0.321 e. The Morgan fingerprint density at radius 2 is 1.67 bits per heavy atom. The van der Waals surface area contributed by atoms with E-state index >= 15 is 0 Å². The van der Waals surface area contributed by atoms with E-state index in [1.165, 1.54) is 16.6 Å². The molecular formula is C30H32F3N3O3. The number of carbonyl (C=O) groups excluding carboxylic acids is 1. The Balaban J connectivity index is 1.18. The lowest BCUT2D eigenvalue weighted by Gasteiger charge is -2.42. The van der Waals surface area contributed by atoms with Crippen molar-refractivity contribution in [1.82, 2.24) is 14.8 Å². The van der Waals surface area contributed by atoms with Crippen LogP contribution in [0.5, 0.6) is 0 Å². The van der Waals surface area contributed by atoms with Gasteiger partial charge in [-0.15, -0.1) is 0 Å². The summed E-state index contributed by atoms with van der Waals surface area (Å²) in [5.41, 5.74) is 3.42. The highest BCUT2D eigenvalue weighted by Crippen LogP contribution is 2.37. The van der Waals surface area contributed by atoms with Gasteiger partial charge in [0.25, 0.3) is 0 Å². The number of piperidine rings is 2. The molecule has 2 aliphatic heterocycles. The third kappa shape index (κ3) is 5.45. The molecule has 1 aromatic heterocycles. The van der Waals surface area contributed by atoms with Crippen LogP contribution in [0.4, 0.5) is 13.2 Å². The number of carboxylic acid groups (broad SMARTS) is 1. The highest BCUT2D eigenvalue weighted by Gasteiger charge is 2.38. The fourth-order valence-corrected chi connectivity index (χ4v) is 6.32. The number of carbonyl (C=O) groups is 2. The van der Waals surface area contributed by atoms with E-state index in [0.29, 0.717) is 44.9 Å². The summed E-state index contributed by atoms with van der Waals surface area (Å²) in [4.78, 5) is 32.1. The molecule has 2 fully saturated rings. The molecule has 2 aliphatic rings. The largest absolute Gasteiger partial charge is 0.480 e. The van der Waals surface area contributed by atoms with Gasteiger partial charge in [0, 0.05) is 41.3 Å². The van der Waals surface area contributed by atoms with Crippen LogP contribution in [-0.2, 0) is 9.59 Å². The number of aromatic amines is 1. The van der Waals surface area contributed by atoms with Crippen LogP contribution in [0.3, 0.4) is 0 Å². The van der Waals surface area contributed by atoms with Gasteiger partial charge in [-0.1, -0.05) is 18.2 Å². The number of nitrogens with one attached hydrogen (secondary N) is 1. The Morgan fingerprint density at radius 1 is 0.974 bits per heavy atom. The molecule has 0 saturated carbocycles. The van der Waals surface area contributed by atoms with Gasteiger partial charge < -0.3 is 15.0 Å². The number of aliphatic carboxylic acids is 1. The van der Waals surface area contributed by atoms with Crippen molar-refractivity contribution in [2.24, 2.45) is 5.92 Å². The van der Waals surface area contributed by atoms with Crippen molar-refractivity contribution in [2.75, 3.05) is 26.2 Å². The van der Waals surface area contributed by atoms with E-state index in [-0.39, 0.29) is 17.4 Å². The molecule has 9 heteroatoms. The zero-order valence-electron chi connectivity index (χ0n) is 21.8. The third-order valence-electron chi connectivity index (χ3n) is 8.30. The van der Waals surface area contributed by atoms with Crippen molar-refractivity contribution >= 4 is 28.9 Å². The minimum atomic E-state index is -1.58. The number of benzene rings is 2. The predicted molar refractivity (Wildman–Crippen MR) is 143 cm³/mol. The van der Waals surface area contributed by atoms with E-state index < -0.39 is 29.5 Å². The Morgan fingerprint density at radius 3 is 2.36 bits per heavy atom. The number of hydrogen-bond acceptors (Lipinski definition) is 3. The van der Waals surface area contributed by atoms with E-state index in [1.807, 2.05) is 12.1 Å². The smallest absolute Gasteiger partial charge is 0.321 e. The molecule has 0 radical (unpaired) electrons. The number of hydrogen-bond donors (Lipinski definition) is 2. The standard InChI is InChI=1S/C30H32F3N3O3/c1-18-26(22-4-2-3-5-24(22)34-18)19-10-16-36(17-11-19)29(30(38)39)21-12-14-35(15-13-21)25(37)9-7-20-6-8-23(31)28(33)27(20)32/h2-9,19,21,29,34H,10-17H2,1H3,(H,38,39). The molecule has 1 atom stereocenters. The molecule has 2 aromatic carbocycles. The van der Waals surface area contributed by atoms with Crippen LogP contribution < -0.4 is 0 Å². The number of aryl methyl sites for hydroxylation is 1. The zero-order chi connectivity index (χ0) is 27.7. The van der Waals surface area contributed by atoms with Gasteiger partial charge in [0.15, 0.2) is 17.5 Å². The fourth-order valence-electron chi connectivity index (χ4n) is 6.32. The van der Waals surface area contributed by atoms with Gasteiger partial charge in [-0.05, 0) is 87.4 Å². The van der Waals surface area contributed by atoms with Crippen LogP contribution in [0, 0.1) is 30.3 Å². The van der Waals surface area contributed by atoms with Crippen LogP contribution >= 0.6 is 0 Å². The molecule has 0 spiro atoms. The summed E-state index contributed by atoms with van der Waals surface area (Å²) in [5, 5.41) is 11.4. The lowest BCUT2D eigenvalue weighted by atomic mass is 9.84. The second kappa shape index (κ2) is 11.3. The van der Waals surface area contributed by atoms with E-state index in [9.17, 15) is 27.9 Å². The number of rotatable bonds is 6. The molecule has 1 unspecified atom stereocenters. The van der Waals surface area contributed by atoms with Crippen molar-refractivity contribution in [2.45, 2.75) is 44.6 Å². The summed E-state index contributed by atoms with van der Waals surface area (Å²) in [6.45, 7) is 4.25. The lowest BCUT2D eigenvalue weighted by molar-refractivity contribution is -0.147. The Kier molecular flexibility index (Phi) is 7.79. The first kappa shape index (κ1) is 27.0. The Hall–Kier alpha value is -3.59. The average Bonchev–Trinajstić information content (AvgIpc) is 3.27.